The number of ether oxygens (including phenoxy) is 2. The zero-order valence-electron chi connectivity index (χ0n) is 11.8. The molecule has 0 aromatic carbocycles. The van der Waals surface area contributed by atoms with E-state index in [9.17, 15) is 9.59 Å². The molecule has 6 heteroatoms. The Hall–Kier alpha value is -1.77. The van der Waals surface area contributed by atoms with Crippen molar-refractivity contribution in [1.29, 1.82) is 5.26 Å². The van der Waals surface area contributed by atoms with Gasteiger partial charge in [-0.1, -0.05) is 0 Å². The molecule has 1 aliphatic heterocycles. The second-order valence-corrected chi connectivity index (χ2v) is 5.54. The maximum atomic E-state index is 12.0. The van der Waals surface area contributed by atoms with Crippen LogP contribution in [0.4, 0.5) is 4.79 Å². The van der Waals surface area contributed by atoms with E-state index in [2.05, 4.69) is 0 Å². The van der Waals surface area contributed by atoms with Crippen molar-refractivity contribution in [3.8, 4) is 6.07 Å². The standard InChI is InChI=1S/C13H20N2O4/c1-9(16)18-11(8-14)10-6-5-7-15(10)12(17)19-13(2,3)4/h10-11H,5-7H2,1-4H3. The van der Waals surface area contributed by atoms with Crippen molar-refractivity contribution in [1.82, 2.24) is 4.90 Å². The molecule has 1 heterocycles. The van der Waals surface area contributed by atoms with Crippen molar-refractivity contribution < 1.29 is 19.1 Å². The number of carbonyl (C=O) groups is 2. The molecule has 2 atom stereocenters. The third-order valence-electron chi connectivity index (χ3n) is 2.70. The monoisotopic (exact) mass is 268 g/mol. The Morgan fingerprint density at radius 2 is 2.05 bits per heavy atom. The fraction of sp³-hybridized carbons (Fsp3) is 0.769. The van der Waals surface area contributed by atoms with Crippen LogP contribution < -0.4 is 0 Å². The Labute approximate surface area is 113 Å². The molecule has 1 rings (SSSR count). The first kappa shape index (κ1) is 15.3. The van der Waals surface area contributed by atoms with Gasteiger partial charge in [0.1, 0.15) is 11.7 Å². The molecule has 1 saturated heterocycles. The molecule has 0 radical (unpaired) electrons. The lowest BCUT2D eigenvalue weighted by molar-refractivity contribution is -0.146. The SMILES string of the molecule is CC(=O)OC(C#N)C1CCCN1C(=O)OC(C)(C)C. The van der Waals surface area contributed by atoms with E-state index in [1.165, 1.54) is 11.8 Å². The van der Waals surface area contributed by atoms with E-state index >= 15 is 0 Å². The summed E-state index contributed by atoms with van der Waals surface area (Å²) in [5.74, 6) is -0.525. The average Bonchev–Trinajstić information content (AvgIpc) is 2.71. The highest BCUT2D eigenvalue weighted by Gasteiger charge is 2.38. The van der Waals surface area contributed by atoms with Gasteiger partial charge in [-0.15, -0.1) is 0 Å². The molecule has 6 nitrogen and oxygen atoms in total. The summed E-state index contributed by atoms with van der Waals surface area (Å²) in [6, 6.07) is 1.50. The van der Waals surface area contributed by atoms with Crippen molar-refractivity contribution in [3.63, 3.8) is 0 Å². The van der Waals surface area contributed by atoms with E-state index in [4.69, 9.17) is 14.7 Å². The van der Waals surface area contributed by atoms with Crippen LogP contribution in [0.25, 0.3) is 0 Å². The van der Waals surface area contributed by atoms with Crippen LogP contribution in [-0.4, -0.2) is 41.3 Å². The number of amides is 1. The highest BCUT2D eigenvalue weighted by molar-refractivity contribution is 5.70. The largest absolute Gasteiger partial charge is 0.445 e. The summed E-state index contributed by atoms with van der Waals surface area (Å²) in [5, 5.41) is 9.06. The first-order chi connectivity index (χ1) is 8.74. The molecule has 0 aliphatic carbocycles. The van der Waals surface area contributed by atoms with Gasteiger partial charge in [0.2, 0.25) is 6.10 Å². The van der Waals surface area contributed by atoms with Crippen molar-refractivity contribution in [2.45, 2.75) is 58.3 Å². The van der Waals surface area contributed by atoms with Crippen LogP contribution in [-0.2, 0) is 14.3 Å². The third-order valence-corrected chi connectivity index (χ3v) is 2.70. The van der Waals surface area contributed by atoms with E-state index in [0.717, 1.165) is 6.42 Å². The van der Waals surface area contributed by atoms with Gasteiger partial charge in [-0.2, -0.15) is 5.26 Å². The predicted molar refractivity (Wildman–Crippen MR) is 67.1 cm³/mol. The van der Waals surface area contributed by atoms with E-state index < -0.39 is 29.8 Å². The molecule has 1 amide bonds. The summed E-state index contributed by atoms with van der Waals surface area (Å²) in [4.78, 5) is 24.5. The Morgan fingerprint density at radius 1 is 1.42 bits per heavy atom. The van der Waals surface area contributed by atoms with Crippen molar-refractivity contribution in [2.75, 3.05) is 6.54 Å². The minimum absolute atomic E-state index is 0.427. The van der Waals surface area contributed by atoms with Crippen LogP contribution in [0.15, 0.2) is 0 Å². The first-order valence-electron chi connectivity index (χ1n) is 6.31. The summed E-state index contributed by atoms with van der Waals surface area (Å²) in [6.45, 7) is 7.10. The van der Waals surface area contributed by atoms with Gasteiger partial charge in [-0.25, -0.2) is 4.79 Å². The fourth-order valence-electron chi connectivity index (χ4n) is 2.02. The molecule has 0 spiro atoms. The number of rotatable bonds is 2. The molecule has 0 N–H and O–H groups in total. The van der Waals surface area contributed by atoms with E-state index in [1.54, 1.807) is 20.8 Å². The Kier molecular flexibility index (Phi) is 4.76. The zero-order valence-corrected chi connectivity index (χ0v) is 11.8. The number of likely N-dealkylation sites (tertiary alicyclic amines) is 1. The number of hydrogen-bond acceptors (Lipinski definition) is 5. The zero-order chi connectivity index (χ0) is 14.6. The lowest BCUT2D eigenvalue weighted by atomic mass is 10.1. The smallest absolute Gasteiger partial charge is 0.410 e. The number of hydrogen-bond donors (Lipinski definition) is 0. The Morgan fingerprint density at radius 3 is 2.53 bits per heavy atom. The van der Waals surface area contributed by atoms with Gasteiger partial charge in [0, 0.05) is 13.5 Å². The summed E-state index contributed by atoms with van der Waals surface area (Å²) in [6.07, 6.45) is -0.0106. The highest BCUT2D eigenvalue weighted by Crippen LogP contribution is 2.24. The lowest BCUT2D eigenvalue weighted by Crippen LogP contribution is -2.45. The van der Waals surface area contributed by atoms with Gasteiger partial charge >= 0.3 is 12.1 Å². The molecule has 0 aromatic rings. The summed E-state index contributed by atoms with van der Waals surface area (Å²) < 4.78 is 10.2. The van der Waals surface area contributed by atoms with Crippen molar-refractivity contribution in [2.24, 2.45) is 0 Å². The van der Waals surface area contributed by atoms with Gasteiger partial charge in [-0.05, 0) is 33.6 Å². The first-order valence-corrected chi connectivity index (χ1v) is 6.31. The molecular weight excluding hydrogens is 248 g/mol. The quantitative estimate of drug-likeness (QED) is 0.714. The third kappa shape index (κ3) is 4.43. The van der Waals surface area contributed by atoms with Crippen LogP contribution in [0.5, 0.6) is 0 Å². The van der Waals surface area contributed by atoms with Gasteiger partial charge in [-0.3, -0.25) is 4.79 Å². The molecular formula is C13H20N2O4. The lowest BCUT2D eigenvalue weighted by Gasteiger charge is -2.30. The molecule has 1 aliphatic rings. The van der Waals surface area contributed by atoms with Crippen molar-refractivity contribution in [3.05, 3.63) is 0 Å². The van der Waals surface area contributed by atoms with Crippen molar-refractivity contribution >= 4 is 12.1 Å². The molecule has 1 fully saturated rings. The van der Waals surface area contributed by atoms with Crippen LogP contribution >= 0.6 is 0 Å². The van der Waals surface area contributed by atoms with Crippen LogP contribution in [0.2, 0.25) is 0 Å². The molecule has 0 saturated carbocycles. The second-order valence-electron chi connectivity index (χ2n) is 5.54. The van der Waals surface area contributed by atoms with E-state index in [1.807, 2.05) is 6.07 Å². The average molecular weight is 268 g/mol. The summed E-state index contributed by atoms with van der Waals surface area (Å²) in [5.41, 5.74) is -0.589. The normalized spacial score (nSPS) is 20.6. The maximum Gasteiger partial charge on any atom is 0.410 e. The molecule has 106 valence electrons. The molecule has 0 bridgehead atoms. The number of esters is 1. The topological polar surface area (TPSA) is 79.6 Å². The highest BCUT2D eigenvalue weighted by atomic mass is 16.6. The fourth-order valence-corrected chi connectivity index (χ4v) is 2.02. The van der Waals surface area contributed by atoms with Gasteiger partial charge in [0.25, 0.3) is 0 Å². The predicted octanol–water partition coefficient (Wildman–Crippen LogP) is 1.84. The van der Waals surface area contributed by atoms with Crippen LogP contribution in [0, 0.1) is 11.3 Å². The second kappa shape index (κ2) is 5.91. The maximum absolute atomic E-state index is 12.0. The molecule has 0 aromatic heterocycles. The van der Waals surface area contributed by atoms with E-state index in [-0.39, 0.29) is 0 Å². The summed E-state index contributed by atoms with van der Waals surface area (Å²) in [7, 11) is 0. The van der Waals surface area contributed by atoms with Crippen LogP contribution in [0.3, 0.4) is 0 Å². The van der Waals surface area contributed by atoms with Gasteiger partial charge in [0.15, 0.2) is 0 Å². The Bertz CT molecular complexity index is 394. The van der Waals surface area contributed by atoms with E-state index in [0.29, 0.717) is 13.0 Å². The number of nitriles is 1. The minimum Gasteiger partial charge on any atom is -0.445 e. The van der Waals surface area contributed by atoms with Crippen LogP contribution in [0.1, 0.15) is 40.5 Å². The Balaban J connectivity index is 2.75. The number of carbonyl (C=O) groups excluding carboxylic acids is 2. The number of nitrogens with zero attached hydrogens (tertiary/aromatic N) is 2. The van der Waals surface area contributed by atoms with Gasteiger partial charge in [0.05, 0.1) is 6.04 Å². The molecule has 2 unspecified atom stereocenters. The minimum atomic E-state index is -0.937. The molecule has 19 heavy (non-hydrogen) atoms. The summed E-state index contributed by atoms with van der Waals surface area (Å²) >= 11 is 0. The van der Waals surface area contributed by atoms with Gasteiger partial charge < -0.3 is 14.4 Å².